The second-order valence-corrected chi connectivity index (χ2v) is 4.26. The number of Topliss-reactive ketones (excluding diaryl/α,β-unsaturated/α-hetero) is 1. The van der Waals surface area contributed by atoms with Crippen molar-refractivity contribution in [3.63, 3.8) is 0 Å². The van der Waals surface area contributed by atoms with E-state index in [0.717, 1.165) is 11.1 Å². The van der Waals surface area contributed by atoms with E-state index >= 15 is 0 Å². The van der Waals surface area contributed by atoms with E-state index < -0.39 is 6.04 Å². The Morgan fingerprint density at radius 2 is 2.13 bits per heavy atom. The largest absolute Gasteiger partial charge is 0.292 e. The van der Waals surface area contributed by atoms with Gasteiger partial charge in [-0.05, 0) is 23.1 Å². The van der Waals surface area contributed by atoms with Gasteiger partial charge < -0.3 is 0 Å². The smallest absolute Gasteiger partial charge is 0.191 e. The molecule has 0 bridgehead atoms. The molecule has 78 valence electrons. The number of nitroso groups, excluding NO2 is 1. The molecule has 0 aromatic heterocycles. The van der Waals surface area contributed by atoms with Crippen LogP contribution < -0.4 is 0 Å². The minimum absolute atomic E-state index is 0.123. The molecule has 0 amide bonds. The number of rotatable bonds is 2. The van der Waals surface area contributed by atoms with Crippen LogP contribution in [-0.2, 0) is 6.42 Å². The molecule has 1 aromatic carbocycles. The third-order valence-electron chi connectivity index (χ3n) is 2.91. The molecule has 15 heavy (non-hydrogen) atoms. The maximum absolute atomic E-state index is 11.7. The Morgan fingerprint density at radius 1 is 1.40 bits per heavy atom. The number of fused-ring (bicyclic) bond motifs is 1. The van der Waals surface area contributed by atoms with Gasteiger partial charge in [-0.3, -0.25) is 4.79 Å². The molecule has 0 N–H and O–H groups in total. The Balaban J connectivity index is 2.44. The Hall–Kier alpha value is -1.51. The highest BCUT2D eigenvalue weighted by atomic mass is 16.3. The second-order valence-electron chi connectivity index (χ2n) is 4.26. The fourth-order valence-electron chi connectivity index (χ4n) is 1.93. The van der Waals surface area contributed by atoms with Crippen molar-refractivity contribution < 1.29 is 4.79 Å². The summed E-state index contributed by atoms with van der Waals surface area (Å²) in [5.41, 5.74) is 2.77. The summed E-state index contributed by atoms with van der Waals surface area (Å²) in [7, 11) is 0. The molecule has 0 radical (unpaired) electrons. The van der Waals surface area contributed by atoms with Gasteiger partial charge in [0.15, 0.2) is 11.8 Å². The summed E-state index contributed by atoms with van der Waals surface area (Å²) in [5.74, 6) is 0.272. The van der Waals surface area contributed by atoms with Crippen molar-refractivity contribution in [2.45, 2.75) is 32.2 Å². The zero-order valence-corrected chi connectivity index (χ0v) is 8.86. The summed E-state index contributed by atoms with van der Waals surface area (Å²) in [6.45, 7) is 4.16. The normalized spacial score (nSPS) is 19.4. The van der Waals surface area contributed by atoms with Crippen molar-refractivity contribution in [3.8, 4) is 0 Å². The summed E-state index contributed by atoms with van der Waals surface area (Å²) in [6.07, 6.45) is 0.468. The number of carbonyl (C=O) groups excluding carboxylic acids is 1. The van der Waals surface area contributed by atoms with E-state index in [2.05, 4.69) is 19.0 Å². The van der Waals surface area contributed by atoms with E-state index in [1.165, 1.54) is 0 Å². The molecule has 0 fully saturated rings. The average Bonchev–Trinajstić information content (AvgIpc) is 2.55. The van der Waals surface area contributed by atoms with E-state index in [4.69, 9.17) is 0 Å². The lowest BCUT2D eigenvalue weighted by molar-refractivity contribution is 0.0975. The van der Waals surface area contributed by atoms with Crippen LogP contribution >= 0.6 is 0 Å². The zero-order valence-electron chi connectivity index (χ0n) is 8.86. The topological polar surface area (TPSA) is 46.5 Å². The van der Waals surface area contributed by atoms with Gasteiger partial charge in [0.25, 0.3) is 0 Å². The average molecular weight is 203 g/mol. The molecule has 0 spiro atoms. The van der Waals surface area contributed by atoms with Gasteiger partial charge in [-0.2, -0.15) is 4.91 Å². The first-order valence-electron chi connectivity index (χ1n) is 5.13. The Labute approximate surface area is 88.5 Å². The van der Waals surface area contributed by atoms with Crippen LogP contribution in [-0.4, -0.2) is 11.8 Å². The molecule has 0 saturated carbocycles. The van der Waals surface area contributed by atoms with Crippen LogP contribution in [0.3, 0.4) is 0 Å². The van der Waals surface area contributed by atoms with Gasteiger partial charge in [-0.1, -0.05) is 31.2 Å². The maximum Gasteiger partial charge on any atom is 0.191 e. The predicted octanol–water partition coefficient (Wildman–Crippen LogP) is 2.68. The molecular weight excluding hydrogens is 190 g/mol. The van der Waals surface area contributed by atoms with E-state index in [1.807, 2.05) is 18.2 Å². The lowest BCUT2D eigenvalue weighted by Gasteiger charge is -2.06. The van der Waals surface area contributed by atoms with Gasteiger partial charge in [-0.25, -0.2) is 0 Å². The summed E-state index contributed by atoms with van der Waals surface area (Å²) >= 11 is 0. The van der Waals surface area contributed by atoms with Gasteiger partial charge in [0.1, 0.15) is 0 Å². The van der Waals surface area contributed by atoms with Gasteiger partial charge in [0, 0.05) is 12.0 Å². The number of nitrogens with zero attached hydrogens (tertiary/aromatic N) is 1. The molecule has 2 rings (SSSR count). The Bertz CT molecular complexity index is 424. The Kier molecular flexibility index (Phi) is 2.39. The van der Waals surface area contributed by atoms with Gasteiger partial charge in [0.2, 0.25) is 0 Å². The summed E-state index contributed by atoms with van der Waals surface area (Å²) in [5, 5.41) is 2.86. The molecule has 1 unspecified atom stereocenters. The quantitative estimate of drug-likeness (QED) is 0.694. The SMILES string of the molecule is CC(C)c1ccc2c(c1)C(=O)C(N=O)C2. The van der Waals surface area contributed by atoms with Crippen LogP contribution in [0, 0.1) is 4.91 Å². The van der Waals surface area contributed by atoms with Crippen molar-refractivity contribution in [3.05, 3.63) is 39.8 Å². The Morgan fingerprint density at radius 3 is 2.73 bits per heavy atom. The molecule has 3 heteroatoms. The highest BCUT2D eigenvalue weighted by molar-refractivity contribution is 6.04. The number of hydrogen-bond donors (Lipinski definition) is 0. The molecule has 1 aliphatic rings. The third kappa shape index (κ3) is 1.58. The molecule has 3 nitrogen and oxygen atoms in total. The standard InChI is InChI=1S/C12H13NO2/c1-7(2)8-3-4-9-6-11(13-15)12(14)10(9)5-8/h3-5,7,11H,6H2,1-2H3. The molecule has 1 aromatic rings. The fraction of sp³-hybridized carbons (Fsp3) is 0.417. The number of hydrogen-bond acceptors (Lipinski definition) is 3. The van der Waals surface area contributed by atoms with Crippen LogP contribution in [0.2, 0.25) is 0 Å². The minimum atomic E-state index is -0.692. The van der Waals surface area contributed by atoms with Gasteiger partial charge in [0.05, 0.1) is 0 Å². The van der Waals surface area contributed by atoms with E-state index in [9.17, 15) is 9.70 Å². The van der Waals surface area contributed by atoms with Crippen molar-refractivity contribution in [1.29, 1.82) is 0 Å². The van der Waals surface area contributed by atoms with Crippen LogP contribution in [0.1, 0.15) is 41.3 Å². The van der Waals surface area contributed by atoms with Crippen molar-refractivity contribution >= 4 is 5.78 Å². The summed E-state index contributed by atoms with van der Waals surface area (Å²) < 4.78 is 0. The van der Waals surface area contributed by atoms with E-state index in [-0.39, 0.29) is 5.78 Å². The minimum Gasteiger partial charge on any atom is -0.292 e. The monoisotopic (exact) mass is 203 g/mol. The van der Waals surface area contributed by atoms with Gasteiger partial charge in [-0.15, -0.1) is 0 Å². The maximum atomic E-state index is 11.7. The number of ketones is 1. The van der Waals surface area contributed by atoms with Crippen LogP contribution in [0.15, 0.2) is 23.4 Å². The first-order valence-corrected chi connectivity index (χ1v) is 5.13. The first kappa shape index (κ1) is 10.0. The number of benzene rings is 1. The highest BCUT2D eigenvalue weighted by Gasteiger charge is 2.31. The van der Waals surface area contributed by atoms with Crippen molar-refractivity contribution in [1.82, 2.24) is 0 Å². The molecular formula is C12H13NO2. The second kappa shape index (κ2) is 3.57. The van der Waals surface area contributed by atoms with E-state index in [0.29, 0.717) is 17.9 Å². The molecule has 1 atom stereocenters. The van der Waals surface area contributed by atoms with Crippen LogP contribution in [0.25, 0.3) is 0 Å². The first-order chi connectivity index (χ1) is 7.13. The molecule has 0 heterocycles. The van der Waals surface area contributed by atoms with Gasteiger partial charge >= 0.3 is 0 Å². The van der Waals surface area contributed by atoms with Crippen molar-refractivity contribution in [2.75, 3.05) is 0 Å². The van der Waals surface area contributed by atoms with E-state index in [1.54, 1.807) is 0 Å². The van der Waals surface area contributed by atoms with Crippen molar-refractivity contribution in [2.24, 2.45) is 5.18 Å². The number of carbonyl (C=O) groups is 1. The zero-order chi connectivity index (χ0) is 11.0. The summed E-state index contributed by atoms with van der Waals surface area (Å²) in [6, 6.07) is 5.16. The molecule has 1 aliphatic carbocycles. The third-order valence-corrected chi connectivity index (χ3v) is 2.91. The van der Waals surface area contributed by atoms with Crippen LogP contribution in [0.4, 0.5) is 0 Å². The predicted molar refractivity (Wildman–Crippen MR) is 58.1 cm³/mol. The lowest BCUT2D eigenvalue weighted by Crippen LogP contribution is -2.11. The lowest BCUT2D eigenvalue weighted by atomic mass is 9.98. The molecule has 0 saturated heterocycles. The fourth-order valence-corrected chi connectivity index (χ4v) is 1.93. The van der Waals surface area contributed by atoms with Crippen LogP contribution in [0.5, 0.6) is 0 Å². The molecule has 0 aliphatic heterocycles. The highest BCUT2D eigenvalue weighted by Crippen LogP contribution is 2.27. The summed E-state index contributed by atoms with van der Waals surface area (Å²) in [4.78, 5) is 22.1.